The summed E-state index contributed by atoms with van der Waals surface area (Å²) < 4.78 is 0. The van der Waals surface area contributed by atoms with Crippen LogP contribution in [0.5, 0.6) is 0 Å². The third kappa shape index (κ3) is 1.77. The maximum atomic E-state index is 3.61. The van der Waals surface area contributed by atoms with Gasteiger partial charge in [0.1, 0.15) is 0 Å². The van der Waals surface area contributed by atoms with Crippen molar-refractivity contribution >= 4 is 12.4 Å². The normalized spacial score (nSPS) is 43.8. The molecule has 2 fully saturated rings. The summed E-state index contributed by atoms with van der Waals surface area (Å²) in [6.45, 7) is 8.50. The zero-order chi connectivity index (χ0) is 8.11. The Morgan fingerprint density at radius 1 is 1.17 bits per heavy atom. The molecule has 72 valence electrons. The van der Waals surface area contributed by atoms with Gasteiger partial charge in [-0.1, -0.05) is 20.8 Å². The fourth-order valence-corrected chi connectivity index (χ4v) is 3.30. The van der Waals surface area contributed by atoms with E-state index in [4.69, 9.17) is 0 Å². The van der Waals surface area contributed by atoms with Crippen LogP contribution in [0.25, 0.3) is 0 Å². The number of hydrogen-bond donors (Lipinski definition) is 1. The second kappa shape index (κ2) is 2.88. The van der Waals surface area contributed by atoms with Crippen molar-refractivity contribution in [2.75, 3.05) is 6.54 Å². The Morgan fingerprint density at radius 3 is 2.42 bits per heavy atom. The van der Waals surface area contributed by atoms with Crippen LogP contribution in [-0.4, -0.2) is 12.6 Å². The van der Waals surface area contributed by atoms with E-state index in [-0.39, 0.29) is 12.4 Å². The molecule has 0 aromatic carbocycles. The lowest BCUT2D eigenvalue weighted by Gasteiger charge is -2.39. The summed E-state index contributed by atoms with van der Waals surface area (Å²) in [6.07, 6.45) is 4.20. The van der Waals surface area contributed by atoms with Crippen LogP contribution in [0, 0.1) is 10.8 Å². The highest BCUT2D eigenvalue weighted by atomic mass is 35.5. The van der Waals surface area contributed by atoms with E-state index in [1.165, 1.54) is 25.8 Å². The quantitative estimate of drug-likeness (QED) is 0.618. The largest absolute Gasteiger partial charge is 0.313 e. The molecule has 2 unspecified atom stereocenters. The van der Waals surface area contributed by atoms with Gasteiger partial charge < -0.3 is 5.32 Å². The van der Waals surface area contributed by atoms with Crippen molar-refractivity contribution in [3.05, 3.63) is 0 Å². The van der Waals surface area contributed by atoms with Crippen molar-refractivity contribution in [3.63, 3.8) is 0 Å². The van der Waals surface area contributed by atoms with Crippen LogP contribution in [0.4, 0.5) is 0 Å². The van der Waals surface area contributed by atoms with E-state index in [2.05, 4.69) is 26.1 Å². The van der Waals surface area contributed by atoms with Crippen LogP contribution < -0.4 is 5.32 Å². The number of hydrogen-bond acceptors (Lipinski definition) is 1. The topological polar surface area (TPSA) is 12.0 Å². The van der Waals surface area contributed by atoms with Crippen LogP contribution in [0.3, 0.4) is 0 Å². The van der Waals surface area contributed by atoms with E-state index < -0.39 is 0 Å². The molecule has 0 aromatic rings. The lowest BCUT2D eigenvalue weighted by Crippen LogP contribution is -2.33. The minimum atomic E-state index is 0. The number of rotatable bonds is 0. The van der Waals surface area contributed by atoms with Gasteiger partial charge in [0.25, 0.3) is 0 Å². The standard InChI is InChI=1S/C10H19N.ClH/c1-9(2)4-8-5-10(3,6-9)7-11-8;/h8,11H,4-7H2,1-3H3;1H. The van der Waals surface area contributed by atoms with Crippen LogP contribution in [0.15, 0.2) is 0 Å². The molecule has 1 N–H and O–H groups in total. The monoisotopic (exact) mass is 189 g/mol. The van der Waals surface area contributed by atoms with Crippen molar-refractivity contribution in [1.82, 2.24) is 5.32 Å². The molecule has 1 nitrogen and oxygen atoms in total. The second-order valence-corrected chi connectivity index (χ2v) is 5.64. The molecular formula is C10H20ClN. The van der Waals surface area contributed by atoms with Gasteiger partial charge >= 0.3 is 0 Å². The van der Waals surface area contributed by atoms with Gasteiger partial charge in [-0.25, -0.2) is 0 Å². The van der Waals surface area contributed by atoms with E-state index in [9.17, 15) is 0 Å². The van der Waals surface area contributed by atoms with Crippen molar-refractivity contribution in [2.45, 2.75) is 46.1 Å². The molecule has 2 atom stereocenters. The summed E-state index contributed by atoms with van der Waals surface area (Å²) in [5, 5.41) is 3.61. The van der Waals surface area contributed by atoms with Crippen molar-refractivity contribution in [1.29, 1.82) is 0 Å². The fourth-order valence-electron chi connectivity index (χ4n) is 3.30. The van der Waals surface area contributed by atoms with Crippen LogP contribution in [-0.2, 0) is 0 Å². The van der Waals surface area contributed by atoms with Gasteiger partial charge in [0.05, 0.1) is 0 Å². The van der Waals surface area contributed by atoms with Gasteiger partial charge in [-0.05, 0) is 30.1 Å². The van der Waals surface area contributed by atoms with Crippen LogP contribution in [0.1, 0.15) is 40.0 Å². The maximum absolute atomic E-state index is 3.61. The van der Waals surface area contributed by atoms with Crippen LogP contribution >= 0.6 is 12.4 Å². The summed E-state index contributed by atoms with van der Waals surface area (Å²) in [5.74, 6) is 0. The predicted octanol–water partition coefficient (Wildman–Crippen LogP) is 2.60. The van der Waals surface area contributed by atoms with E-state index in [1.807, 2.05) is 0 Å². The minimum absolute atomic E-state index is 0. The molecule has 2 bridgehead atoms. The second-order valence-electron chi connectivity index (χ2n) is 5.64. The Morgan fingerprint density at radius 2 is 1.83 bits per heavy atom. The van der Waals surface area contributed by atoms with Crippen molar-refractivity contribution in [2.24, 2.45) is 10.8 Å². The number of nitrogens with one attached hydrogen (secondary N) is 1. The first-order valence-corrected chi connectivity index (χ1v) is 4.73. The lowest BCUT2D eigenvalue weighted by atomic mass is 9.65. The van der Waals surface area contributed by atoms with Gasteiger partial charge in [-0.3, -0.25) is 0 Å². The van der Waals surface area contributed by atoms with Gasteiger partial charge in [0, 0.05) is 12.6 Å². The number of halogens is 1. The average molecular weight is 190 g/mol. The lowest BCUT2D eigenvalue weighted by molar-refractivity contribution is 0.135. The molecule has 1 aliphatic carbocycles. The van der Waals surface area contributed by atoms with E-state index in [1.54, 1.807) is 0 Å². The van der Waals surface area contributed by atoms with E-state index in [0.717, 1.165) is 6.04 Å². The Kier molecular flexibility index (Phi) is 2.48. The highest BCUT2D eigenvalue weighted by Gasteiger charge is 2.45. The van der Waals surface area contributed by atoms with Gasteiger partial charge in [-0.15, -0.1) is 12.4 Å². The Labute approximate surface area is 81.7 Å². The molecule has 1 saturated carbocycles. The minimum Gasteiger partial charge on any atom is -0.313 e. The summed E-state index contributed by atoms with van der Waals surface area (Å²) in [6, 6.07) is 0.823. The third-order valence-electron chi connectivity index (χ3n) is 3.26. The molecule has 0 aromatic heterocycles. The molecule has 12 heavy (non-hydrogen) atoms. The Hall–Kier alpha value is 0.250. The summed E-state index contributed by atoms with van der Waals surface area (Å²) in [4.78, 5) is 0. The Bertz CT molecular complexity index is 179. The molecule has 0 radical (unpaired) electrons. The molecule has 0 spiro atoms. The highest BCUT2D eigenvalue weighted by Crippen LogP contribution is 2.48. The zero-order valence-corrected chi connectivity index (χ0v) is 9.13. The molecule has 1 heterocycles. The Balaban J connectivity index is 0.000000720. The molecule has 1 aliphatic heterocycles. The maximum Gasteiger partial charge on any atom is 0.00780 e. The first-order valence-electron chi connectivity index (χ1n) is 4.73. The van der Waals surface area contributed by atoms with Crippen LogP contribution in [0.2, 0.25) is 0 Å². The smallest absolute Gasteiger partial charge is 0.00780 e. The summed E-state index contributed by atoms with van der Waals surface area (Å²) in [5.41, 5.74) is 1.20. The van der Waals surface area contributed by atoms with E-state index >= 15 is 0 Å². The van der Waals surface area contributed by atoms with E-state index in [0.29, 0.717) is 10.8 Å². The molecule has 1 saturated heterocycles. The third-order valence-corrected chi connectivity index (χ3v) is 3.26. The molecule has 0 amide bonds. The molecule has 2 aliphatic rings. The average Bonchev–Trinajstić information content (AvgIpc) is 2.03. The zero-order valence-electron chi connectivity index (χ0n) is 8.31. The molecule has 2 heteroatoms. The SMILES string of the molecule is CC1(C)CC2CC(C)(CN2)C1.Cl. The summed E-state index contributed by atoms with van der Waals surface area (Å²) in [7, 11) is 0. The van der Waals surface area contributed by atoms with Gasteiger partial charge in [0.2, 0.25) is 0 Å². The molecule has 2 rings (SSSR count). The first kappa shape index (κ1) is 10.3. The molecular weight excluding hydrogens is 170 g/mol. The fraction of sp³-hybridized carbons (Fsp3) is 1.00. The van der Waals surface area contributed by atoms with Gasteiger partial charge in [-0.2, -0.15) is 0 Å². The predicted molar refractivity (Wildman–Crippen MR) is 54.8 cm³/mol. The van der Waals surface area contributed by atoms with Gasteiger partial charge in [0.15, 0.2) is 0 Å². The highest BCUT2D eigenvalue weighted by molar-refractivity contribution is 5.85. The summed E-state index contributed by atoms with van der Waals surface area (Å²) >= 11 is 0. The number of fused-ring (bicyclic) bond motifs is 2. The van der Waals surface area contributed by atoms with Crippen molar-refractivity contribution in [3.8, 4) is 0 Å². The van der Waals surface area contributed by atoms with Crippen molar-refractivity contribution < 1.29 is 0 Å². The first-order chi connectivity index (χ1) is 4.99.